The van der Waals surface area contributed by atoms with Crippen molar-refractivity contribution in [1.82, 2.24) is 4.98 Å². The third-order valence-corrected chi connectivity index (χ3v) is 3.45. The number of benzene rings is 2. The number of amides is 1. The number of hydrogen-bond acceptors (Lipinski definition) is 1. The smallest absolute Gasteiger partial charge is 0.272 e. The highest BCUT2D eigenvalue weighted by atomic mass is 19.1. The first-order chi connectivity index (χ1) is 10.2. The Morgan fingerprint density at radius 2 is 1.90 bits per heavy atom. The third-order valence-electron chi connectivity index (χ3n) is 3.45. The second-order valence-corrected chi connectivity index (χ2v) is 4.92. The van der Waals surface area contributed by atoms with E-state index in [9.17, 15) is 9.18 Å². The zero-order chi connectivity index (χ0) is 14.8. The summed E-state index contributed by atoms with van der Waals surface area (Å²) in [6, 6.07) is 13.8. The van der Waals surface area contributed by atoms with Gasteiger partial charge in [-0.05, 0) is 48.4 Å². The Balaban J connectivity index is 1.82. The molecular weight excluding hydrogens is 267 g/mol. The molecule has 3 nitrogen and oxygen atoms in total. The molecular formula is C17H15FN2O. The molecule has 0 unspecified atom stereocenters. The van der Waals surface area contributed by atoms with E-state index in [0.29, 0.717) is 11.2 Å². The van der Waals surface area contributed by atoms with E-state index in [2.05, 4.69) is 17.2 Å². The standard InChI is InChI=1S/C17H15FN2O/c1-2-11-3-7-14(8-4-11)19-17(21)16-9-12-5-6-13(18)10-15(12)20-16/h3-10,20H,2H2,1H3,(H,19,21). The second kappa shape index (κ2) is 5.40. The maximum atomic E-state index is 13.1. The molecule has 4 heteroatoms. The number of nitrogens with one attached hydrogen (secondary N) is 2. The van der Waals surface area contributed by atoms with Gasteiger partial charge in [-0.3, -0.25) is 4.79 Å². The summed E-state index contributed by atoms with van der Waals surface area (Å²) < 4.78 is 13.1. The van der Waals surface area contributed by atoms with E-state index in [1.165, 1.54) is 17.7 Å². The molecule has 1 amide bonds. The lowest BCUT2D eigenvalue weighted by molar-refractivity contribution is 0.102. The van der Waals surface area contributed by atoms with Gasteiger partial charge in [0.2, 0.25) is 0 Å². The number of aromatic amines is 1. The number of carbonyl (C=O) groups is 1. The monoisotopic (exact) mass is 282 g/mol. The van der Waals surface area contributed by atoms with Crippen molar-refractivity contribution in [2.24, 2.45) is 0 Å². The second-order valence-electron chi connectivity index (χ2n) is 4.92. The van der Waals surface area contributed by atoms with E-state index in [4.69, 9.17) is 0 Å². The molecule has 3 aromatic rings. The van der Waals surface area contributed by atoms with E-state index < -0.39 is 0 Å². The van der Waals surface area contributed by atoms with Crippen molar-refractivity contribution in [1.29, 1.82) is 0 Å². The molecule has 2 aromatic carbocycles. The molecule has 1 aromatic heterocycles. The SMILES string of the molecule is CCc1ccc(NC(=O)c2cc3ccc(F)cc3[nH]2)cc1. The van der Waals surface area contributed by atoms with Crippen molar-refractivity contribution in [3.63, 3.8) is 0 Å². The zero-order valence-electron chi connectivity index (χ0n) is 11.6. The predicted molar refractivity (Wildman–Crippen MR) is 82.0 cm³/mol. The molecule has 0 spiro atoms. The average molecular weight is 282 g/mol. The van der Waals surface area contributed by atoms with Crippen LogP contribution in [0.1, 0.15) is 23.0 Å². The van der Waals surface area contributed by atoms with Gasteiger partial charge >= 0.3 is 0 Å². The molecule has 0 fully saturated rings. The maximum absolute atomic E-state index is 13.1. The number of halogens is 1. The normalized spacial score (nSPS) is 10.8. The lowest BCUT2D eigenvalue weighted by Gasteiger charge is -2.04. The van der Waals surface area contributed by atoms with Gasteiger partial charge in [-0.1, -0.05) is 19.1 Å². The van der Waals surface area contributed by atoms with E-state index in [0.717, 1.165) is 17.5 Å². The van der Waals surface area contributed by atoms with Crippen molar-refractivity contribution < 1.29 is 9.18 Å². The first kappa shape index (κ1) is 13.4. The Labute approximate surface area is 121 Å². The van der Waals surface area contributed by atoms with E-state index in [1.807, 2.05) is 24.3 Å². The number of anilines is 1. The number of H-pyrrole nitrogens is 1. The average Bonchev–Trinajstić information content (AvgIpc) is 2.91. The van der Waals surface area contributed by atoms with Crippen LogP contribution in [0, 0.1) is 5.82 Å². The number of rotatable bonds is 3. The lowest BCUT2D eigenvalue weighted by atomic mass is 10.1. The fourth-order valence-electron chi connectivity index (χ4n) is 2.24. The fourth-order valence-corrected chi connectivity index (χ4v) is 2.24. The topological polar surface area (TPSA) is 44.9 Å². The third kappa shape index (κ3) is 2.79. The van der Waals surface area contributed by atoms with Gasteiger partial charge in [0.05, 0.1) is 0 Å². The minimum atomic E-state index is -0.327. The van der Waals surface area contributed by atoms with E-state index in [1.54, 1.807) is 12.1 Å². The molecule has 106 valence electrons. The number of carbonyl (C=O) groups excluding carboxylic acids is 1. The summed E-state index contributed by atoms with van der Waals surface area (Å²) in [4.78, 5) is 15.1. The minimum Gasteiger partial charge on any atom is -0.350 e. The van der Waals surface area contributed by atoms with E-state index >= 15 is 0 Å². The van der Waals surface area contributed by atoms with Crippen LogP contribution in [0.5, 0.6) is 0 Å². The minimum absolute atomic E-state index is 0.240. The van der Waals surface area contributed by atoms with Gasteiger partial charge in [0, 0.05) is 16.6 Å². The predicted octanol–water partition coefficient (Wildman–Crippen LogP) is 4.12. The Hall–Kier alpha value is -2.62. The highest BCUT2D eigenvalue weighted by molar-refractivity contribution is 6.05. The molecule has 0 atom stereocenters. The molecule has 0 radical (unpaired) electrons. The summed E-state index contributed by atoms with van der Waals surface area (Å²) in [5, 5.41) is 3.63. The van der Waals surface area contributed by atoms with Crippen LogP contribution in [0.3, 0.4) is 0 Å². The highest BCUT2D eigenvalue weighted by Crippen LogP contribution is 2.18. The Morgan fingerprint density at radius 1 is 1.14 bits per heavy atom. The zero-order valence-corrected chi connectivity index (χ0v) is 11.6. The maximum Gasteiger partial charge on any atom is 0.272 e. The summed E-state index contributed by atoms with van der Waals surface area (Å²) in [6.45, 7) is 2.08. The molecule has 0 saturated heterocycles. The lowest BCUT2D eigenvalue weighted by Crippen LogP contribution is -2.12. The number of aromatic nitrogens is 1. The van der Waals surface area contributed by atoms with Crippen LogP contribution in [0.25, 0.3) is 10.9 Å². The summed E-state index contributed by atoms with van der Waals surface area (Å²) in [6.07, 6.45) is 0.960. The largest absolute Gasteiger partial charge is 0.350 e. The van der Waals surface area contributed by atoms with Gasteiger partial charge in [0.15, 0.2) is 0 Å². The highest BCUT2D eigenvalue weighted by Gasteiger charge is 2.10. The molecule has 0 bridgehead atoms. The Morgan fingerprint density at radius 3 is 2.62 bits per heavy atom. The summed E-state index contributed by atoms with van der Waals surface area (Å²) in [7, 11) is 0. The van der Waals surface area contributed by atoms with Crippen molar-refractivity contribution in [2.75, 3.05) is 5.32 Å². The summed E-state index contributed by atoms with van der Waals surface area (Å²) in [5.74, 6) is -0.567. The van der Waals surface area contributed by atoms with Gasteiger partial charge in [-0.2, -0.15) is 0 Å². The van der Waals surface area contributed by atoms with Crippen LogP contribution in [0.2, 0.25) is 0 Å². The Bertz CT molecular complexity index is 790. The molecule has 0 aliphatic carbocycles. The number of aryl methyl sites for hydroxylation is 1. The molecule has 2 N–H and O–H groups in total. The van der Waals surface area contributed by atoms with Gasteiger partial charge in [-0.15, -0.1) is 0 Å². The first-order valence-corrected chi connectivity index (χ1v) is 6.84. The molecule has 21 heavy (non-hydrogen) atoms. The summed E-state index contributed by atoms with van der Waals surface area (Å²) >= 11 is 0. The van der Waals surface area contributed by atoms with Crippen molar-refractivity contribution >= 4 is 22.5 Å². The quantitative estimate of drug-likeness (QED) is 0.745. The van der Waals surface area contributed by atoms with Crippen molar-refractivity contribution in [3.8, 4) is 0 Å². The Kier molecular flexibility index (Phi) is 3.44. The summed E-state index contributed by atoms with van der Waals surface area (Å²) in [5.41, 5.74) is 2.98. The molecule has 0 aliphatic heterocycles. The first-order valence-electron chi connectivity index (χ1n) is 6.84. The molecule has 0 aliphatic rings. The van der Waals surface area contributed by atoms with Gasteiger partial charge in [0.1, 0.15) is 11.5 Å². The molecule has 0 saturated carbocycles. The van der Waals surface area contributed by atoms with Gasteiger partial charge in [-0.25, -0.2) is 4.39 Å². The fraction of sp³-hybridized carbons (Fsp3) is 0.118. The van der Waals surface area contributed by atoms with Crippen molar-refractivity contribution in [3.05, 3.63) is 65.6 Å². The molecule has 1 heterocycles. The number of fused-ring (bicyclic) bond motifs is 1. The van der Waals surface area contributed by atoms with Crippen LogP contribution in [-0.4, -0.2) is 10.9 Å². The van der Waals surface area contributed by atoms with E-state index in [-0.39, 0.29) is 11.7 Å². The van der Waals surface area contributed by atoms with Crippen LogP contribution >= 0.6 is 0 Å². The molecule has 3 rings (SSSR count). The van der Waals surface area contributed by atoms with Crippen LogP contribution < -0.4 is 5.32 Å². The van der Waals surface area contributed by atoms with Crippen LogP contribution in [0.4, 0.5) is 10.1 Å². The van der Waals surface area contributed by atoms with Gasteiger partial charge < -0.3 is 10.3 Å². The van der Waals surface area contributed by atoms with Crippen LogP contribution in [0.15, 0.2) is 48.5 Å². The number of hydrogen-bond donors (Lipinski definition) is 2. The van der Waals surface area contributed by atoms with Gasteiger partial charge in [0.25, 0.3) is 5.91 Å². The van der Waals surface area contributed by atoms with Crippen molar-refractivity contribution in [2.45, 2.75) is 13.3 Å². The van der Waals surface area contributed by atoms with Crippen LogP contribution in [-0.2, 0) is 6.42 Å².